The zero-order chi connectivity index (χ0) is 13.1. The van der Waals surface area contributed by atoms with Crippen LogP contribution in [0, 0.1) is 5.92 Å². The number of piperidine rings is 1. The highest BCUT2D eigenvalue weighted by Gasteiger charge is 2.13. The Balaban J connectivity index is 1.62. The standard InChI is InChI=1S/C13H20N6/c1-19-13-11(8-18-19)12(16-9-17-13)15-6-4-10-3-2-5-14-7-10/h8-10,14H,2-7H2,1H3,(H,15,16,17). The molecule has 2 aromatic heterocycles. The van der Waals surface area contributed by atoms with E-state index in [-0.39, 0.29) is 0 Å². The number of hydrogen-bond donors (Lipinski definition) is 2. The minimum absolute atomic E-state index is 0.785. The van der Waals surface area contributed by atoms with Crippen molar-refractivity contribution in [3.8, 4) is 0 Å². The summed E-state index contributed by atoms with van der Waals surface area (Å²) in [4.78, 5) is 8.55. The van der Waals surface area contributed by atoms with E-state index in [1.165, 1.54) is 25.8 Å². The van der Waals surface area contributed by atoms with Gasteiger partial charge in [-0.2, -0.15) is 5.10 Å². The maximum atomic E-state index is 4.31. The molecule has 2 aromatic rings. The summed E-state index contributed by atoms with van der Waals surface area (Å²) in [6.45, 7) is 3.27. The van der Waals surface area contributed by atoms with E-state index in [1.54, 1.807) is 11.0 Å². The lowest BCUT2D eigenvalue weighted by Crippen LogP contribution is -2.30. The monoisotopic (exact) mass is 260 g/mol. The van der Waals surface area contributed by atoms with Gasteiger partial charge in [-0.1, -0.05) is 0 Å². The van der Waals surface area contributed by atoms with Gasteiger partial charge in [0.05, 0.1) is 11.6 Å². The van der Waals surface area contributed by atoms with Crippen LogP contribution in [0.4, 0.5) is 5.82 Å². The number of aromatic nitrogens is 4. The SMILES string of the molecule is Cn1ncc2c(NCCC3CCCNC3)ncnc21. The fourth-order valence-corrected chi connectivity index (χ4v) is 2.67. The van der Waals surface area contributed by atoms with Crippen LogP contribution >= 0.6 is 0 Å². The Morgan fingerprint density at radius 2 is 2.42 bits per heavy atom. The zero-order valence-corrected chi connectivity index (χ0v) is 11.3. The Hall–Kier alpha value is -1.69. The van der Waals surface area contributed by atoms with Crippen LogP contribution in [0.5, 0.6) is 0 Å². The van der Waals surface area contributed by atoms with E-state index >= 15 is 0 Å². The Labute approximate surface area is 112 Å². The van der Waals surface area contributed by atoms with Crippen molar-refractivity contribution in [2.24, 2.45) is 13.0 Å². The van der Waals surface area contributed by atoms with Gasteiger partial charge in [-0.15, -0.1) is 0 Å². The Morgan fingerprint density at radius 3 is 3.26 bits per heavy atom. The minimum Gasteiger partial charge on any atom is -0.369 e. The van der Waals surface area contributed by atoms with Crippen LogP contribution in [0.2, 0.25) is 0 Å². The number of aryl methyl sites for hydroxylation is 1. The van der Waals surface area contributed by atoms with Gasteiger partial charge in [0.15, 0.2) is 5.65 Å². The third kappa shape index (κ3) is 2.68. The molecule has 0 aromatic carbocycles. The molecule has 6 nitrogen and oxygen atoms in total. The second-order valence-electron chi connectivity index (χ2n) is 5.16. The normalized spacial score (nSPS) is 19.7. The van der Waals surface area contributed by atoms with Gasteiger partial charge in [-0.3, -0.25) is 4.68 Å². The molecule has 19 heavy (non-hydrogen) atoms. The Kier molecular flexibility index (Phi) is 3.59. The highest BCUT2D eigenvalue weighted by molar-refractivity contribution is 5.85. The van der Waals surface area contributed by atoms with Gasteiger partial charge in [0, 0.05) is 13.6 Å². The molecule has 0 radical (unpaired) electrons. The second-order valence-corrected chi connectivity index (χ2v) is 5.16. The molecule has 3 heterocycles. The van der Waals surface area contributed by atoms with Gasteiger partial charge in [0.1, 0.15) is 12.1 Å². The van der Waals surface area contributed by atoms with Crippen LogP contribution in [0.15, 0.2) is 12.5 Å². The van der Waals surface area contributed by atoms with Crippen LogP contribution in [0.1, 0.15) is 19.3 Å². The van der Waals surface area contributed by atoms with E-state index in [9.17, 15) is 0 Å². The molecule has 1 aliphatic rings. The molecule has 2 N–H and O–H groups in total. The van der Waals surface area contributed by atoms with Crippen molar-refractivity contribution in [2.45, 2.75) is 19.3 Å². The molecule has 1 fully saturated rings. The fourth-order valence-electron chi connectivity index (χ4n) is 2.67. The Bertz CT molecular complexity index is 543. The van der Waals surface area contributed by atoms with Crippen LogP contribution in [0.3, 0.4) is 0 Å². The van der Waals surface area contributed by atoms with E-state index < -0.39 is 0 Å². The smallest absolute Gasteiger partial charge is 0.163 e. The molecule has 3 rings (SSSR count). The highest BCUT2D eigenvalue weighted by Crippen LogP contribution is 2.19. The number of nitrogens with one attached hydrogen (secondary N) is 2. The van der Waals surface area contributed by atoms with Gasteiger partial charge >= 0.3 is 0 Å². The summed E-state index contributed by atoms with van der Waals surface area (Å²) in [6.07, 6.45) is 7.22. The van der Waals surface area contributed by atoms with E-state index in [2.05, 4.69) is 25.7 Å². The summed E-state index contributed by atoms with van der Waals surface area (Å²) in [5.74, 6) is 1.68. The average molecular weight is 260 g/mol. The predicted molar refractivity (Wildman–Crippen MR) is 75.0 cm³/mol. The van der Waals surface area contributed by atoms with Crippen molar-refractivity contribution < 1.29 is 0 Å². The summed E-state index contributed by atoms with van der Waals surface area (Å²) in [6, 6.07) is 0. The van der Waals surface area contributed by atoms with Gasteiger partial charge in [-0.25, -0.2) is 9.97 Å². The lowest BCUT2D eigenvalue weighted by molar-refractivity contribution is 0.364. The maximum Gasteiger partial charge on any atom is 0.163 e. The van der Waals surface area contributed by atoms with E-state index in [4.69, 9.17) is 0 Å². The van der Waals surface area contributed by atoms with Crippen LogP contribution < -0.4 is 10.6 Å². The first-order chi connectivity index (χ1) is 9.34. The number of anilines is 1. The maximum absolute atomic E-state index is 4.31. The molecule has 1 unspecified atom stereocenters. The number of rotatable bonds is 4. The predicted octanol–water partition coefficient (Wildman–Crippen LogP) is 1.16. The molecule has 6 heteroatoms. The van der Waals surface area contributed by atoms with E-state index in [0.717, 1.165) is 35.9 Å². The third-order valence-electron chi connectivity index (χ3n) is 3.77. The first-order valence-corrected chi connectivity index (χ1v) is 6.92. The largest absolute Gasteiger partial charge is 0.369 e. The van der Waals surface area contributed by atoms with Crippen molar-refractivity contribution in [3.05, 3.63) is 12.5 Å². The van der Waals surface area contributed by atoms with Crippen molar-refractivity contribution in [3.63, 3.8) is 0 Å². The topological polar surface area (TPSA) is 67.7 Å². The minimum atomic E-state index is 0.785. The number of fused-ring (bicyclic) bond motifs is 1. The molecule has 1 saturated heterocycles. The molecule has 0 saturated carbocycles. The molecule has 0 spiro atoms. The average Bonchev–Trinajstić information content (AvgIpc) is 2.83. The fraction of sp³-hybridized carbons (Fsp3) is 0.615. The van der Waals surface area contributed by atoms with Gasteiger partial charge in [-0.05, 0) is 38.3 Å². The molecule has 1 atom stereocenters. The molecule has 102 valence electrons. The summed E-state index contributed by atoms with van der Waals surface area (Å²) in [7, 11) is 1.90. The molecular weight excluding hydrogens is 240 g/mol. The Morgan fingerprint density at radius 1 is 1.47 bits per heavy atom. The van der Waals surface area contributed by atoms with Crippen LogP contribution in [-0.2, 0) is 7.05 Å². The molecular formula is C13H20N6. The summed E-state index contributed by atoms with van der Waals surface area (Å²) < 4.78 is 1.77. The zero-order valence-electron chi connectivity index (χ0n) is 11.3. The van der Waals surface area contributed by atoms with E-state index in [0.29, 0.717) is 0 Å². The number of hydrogen-bond acceptors (Lipinski definition) is 5. The molecule has 0 amide bonds. The van der Waals surface area contributed by atoms with Crippen molar-refractivity contribution in [1.82, 2.24) is 25.1 Å². The highest BCUT2D eigenvalue weighted by atomic mass is 15.3. The van der Waals surface area contributed by atoms with Crippen LogP contribution in [0.25, 0.3) is 11.0 Å². The molecule has 1 aliphatic heterocycles. The third-order valence-corrected chi connectivity index (χ3v) is 3.77. The van der Waals surface area contributed by atoms with Crippen molar-refractivity contribution in [1.29, 1.82) is 0 Å². The van der Waals surface area contributed by atoms with Gasteiger partial charge in [0.2, 0.25) is 0 Å². The second kappa shape index (κ2) is 5.52. The van der Waals surface area contributed by atoms with Gasteiger partial charge in [0.25, 0.3) is 0 Å². The summed E-state index contributed by atoms with van der Waals surface area (Å²) in [5.41, 5.74) is 0.872. The first-order valence-electron chi connectivity index (χ1n) is 6.92. The summed E-state index contributed by atoms with van der Waals surface area (Å²) >= 11 is 0. The molecule has 0 aliphatic carbocycles. The quantitative estimate of drug-likeness (QED) is 0.863. The lowest BCUT2D eigenvalue weighted by Gasteiger charge is -2.22. The number of nitrogens with zero attached hydrogens (tertiary/aromatic N) is 4. The molecule has 0 bridgehead atoms. The first kappa shape index (κ1) is 12.3. The van der Waals surface area contributed by atoms with Gasteiger partial charge < -0.3 is 10.6 Å². The van der Waals surface area contributed by atoms with E-state index in [1.807, 2.05) is 13.2 Å². The van der Waals surface area contributed by atoms with Crippen molar-refractivity contribution >= 4 is 16.9 Å². The summed E-state index contributed by atoms with van der Waals surface area (Å²) in [5, 5.41) is 12.1. The lowest BCUT2D eigenvalue weighted by atomic mass is 9.96. The van der Waals surface area contributed by atoms with Crippen LogP contribution in [-0.4, -0.2) is 39.4 Å². The van der Waals surface area contributed by atoms with Crippen molar-refractivity contribution in [2.75, 3.05) is 25.0 Å².